The number of nitrogens with one attached hydrogen (secondary N) is 27. The average Bonchev–Trinajstić information content (AvgIpc) is 0.849. The molecular formula is C79H147N33O19S7. The number of hydrogen-bond acceptors (Lipinski definition) is 31. The standard InChI is InChI=1S/C79H147N33O19S7/c1-9-37(5)55(109-59(115)41(80)30-132)70(126)107-49(33-135)66(122)101-43(19-14-24-92-76(83)84)63(119)103-51(35-137)68(124)111-57(39(7)11-3)71(127)105-47(31-133)60(116)96-28-53(113)98-42(18-13-23-91-75(81)82)62(118)100-45(21-16-26-94-78(87)88)65(121)110-56(38(6)10-2)73(129)108-50(34-136)67(123)102-44(20-15-25-93-77(85)86)64(120)104-52(36-138)69(125)112-58(40(8)12-4)72(128)106-48(32-134)61(117)97-29-54(114)99-46(74(130)131)22-17-27-95-79(89)90/h37-52,55-58,132-138H,9-36,80H2,1-8H3,(H,96,116)(H,97,117)(H,98,113)(H,99,114)(H,100,118)(H,101,122)(H,102,123)(H,103,119)(H,104,120)(H,105,127)(H,106,128)(H,107,126)(H,108,129)(H,109,115)(H,110,121)(H,111,124)(H,112,125)(H,130,131)(H4,81,82,91)(H4,83,84,92)(H4,85,86,93)(H4,87,88,94)(H4,89,90,95)/t37-,38-,39-,40-,41-,42-,43-,44-,45-,46-,47-,48-,49-,50-,51-,52-,55-,56-,57-,58-/m0/s1. The molecule has 40 N–H and O–H groups in total. The molecule has 0 fully saturated rings. The Labute approximate surface area is 841 Å². The van der Waals surface area contributed by atoms with Gasteiger partial charge >= 0.3 is 5.97 Å². The van der Waals surface area contributed by atoms with Gasteiger partial charge in [-0.1, -0.05) is 81.1 Å². The number of aliphatic carboxylic acids is 1. The van der Waals surface area contributed by atoms with Gasteiger partial charge in [-0.3, -0.25) is 109 Å². The third kappa shape index (κ3) is 50.2. The lowest BCUT2D eigenvalue weighted by Crippen LogP contribution is -2.62. The molecule has 0 aromatic carbocycles. The van der Waals surface area contributed by atoms with E-state index in [1.807, 2.05) is 0 Å². The maximum Gasteiger partial charge on any atom is 0.326 e. The first kappa shape index (κ1) is 127. The molecule has 0 saturated heterocycles. The SMILES string of the molecule is CC[C@H](C)[C@H](NC(=O)[C@H](CS)NC(=O)[C@H](CCCNC(=N)N)NC(=O)[C@H](CS)NC(=O)[C@@H](NC(=O)[C@H](CCCNC(=N)N)NC(=O)[C@H](CCCNC(=N)N)NC(=O)CNC(=O)[C@H](CS)NC(=O)[C@@H](NC(=O)[C@H](CS)NC(=O)[C@H](CCCNC(=N)N)NC(=O)[C@H](CS)NC(=O)[C@@H](NC(=O)[C@@H](N)CS)[C@@H](C)CC)[C@@H](C)CC)[C@@H](C)CC)C(=O)N[C@@H](CS)C(=O)NCC(=O)N[C@@H](CCCNC(=N)N)C(=O)O. The van der Waals surface area contributed by atoms with Crippen LogP contribution in [0, 0.1) is 50.7 Å². The number of hydrogen-bond donors (Lipinski definition) is 41. The van der Waals surface area contributed by atoms with Crippen LogP contribution in [0.5, 0.6) is 0 Å². The lowest BCUT2D eigenvalue weighted by atomic mass is 9.97. The Balaban J connectivity index is 7.02. The lowest BCUT2D eigenvalue weighted by molar-refractivity contribution is -0.142. The quantitative estimate of drug-likeness (QED) is 0.0116. The van der Waals surface area contributed by atoms with Crippen molar-refractivity contribution in [2.75, 3.05) is 86.1 Å². The Bertz CT molecular complexity index is 4070. The Kier molecular flexibility index (Phi) is 64.5. The fraction of sp³-hybridized carbons (Fsp3) is 0.709. The van der Waals surface area contributed by atoms with Crippen molar-refractivity contribution in [1.82, 2.24) is 117 Å². The maximum absolute atomic E-state index is 14.7. The van der Waals surface area contributed by atoms with Gasteiger partial charge in [-0.2, -0.15) is 88.4 Å². The van der Waals surface area contributed by atoms with Crippen molar-refractivity contribution < 1.29 is 91.4 Å². The molecule has 0 bridgehead atoms. The van der Waals surface area contributed by atoms with E-state index in [4.69, 9.17) is 61.4 Å². The lowest BCUT2D eigenvalue weighted by Gasteiger charge is -2.30. The molecule has 0 aliphatic rings. The number of carboxylic acid groups (broad SMARTS) is 1. The van der Waals surface area contributed by atoms with Crippen LogP contribution in [0.25, 0.3) is 0 Å². The van der Waals surface area contributed by atoms with Crippen LogP contribution >= 0.6 is 88.4 Å². The van der Waals surface area contributed by atoms with Gasteiger partial charge in [0, 0.05) is 73.0 Å². The molecule has 138 heavy (non-hydrogen) atoms. The third-order valence-electron chi connectivity index (χ3n) is 21.6. The number of carboxylic acids is 1. The molecule has 20 atom stereocenters. The molecule has 0 rings (SSSR count). The van der Waals surface area contributed by atoms with Gasteiger partial charge in [0.05, 0.1) is 19.1 Å². The van der Waals surface area contributed by atoms with E-state index in [-0.39, 0.29) is 151 Å². The molecular weight excluding hydrogens is 1940 g/mol. The minimum atomic E-state index is -1.58. The van der Waals surface area contributed by atoms with E-state index < -0.39 is 275 Å². The van der Waals surface area contributed by atoms with Gasteiger partial charge < -0.3 is 156 Å². The fourth-order valence-corrected chi connectivity index (χ4v) is 14.2. The predicted molar refractivity (Wildman–Crippen MR) is 541 cm³/mol. The molecule has 0 aliphatic heterocycles. The van der Waals surface area contributed by atoms with Crippen LogP contribution in [0.4, 0.5) is 0 Å². The molecule has 0 aromatic heterocycles. The molecule has 0 spiro atoms. The maximum atomic E-state index is 14.7. The fourth-order valence-electron chi connectivity index (χ4n) is 12.5. The second-order valence-corrected chi connectivity index (χ2v) is 34.9. The first-order valence-corrected chi connectivity index (χ1v) is 49.2. The first-order chi connectivity index (χ1) is 65.0. The smallest absolute Gasteiger partial charge is 0.326 e. The van der Waals surface area contributed by atoms with Crippen molar-refractivity contribution in [1.29, 1.82) is 27.0 Å². The Morgan fingerprint density at radius 3 is 0.645 bits per heavy atom. The van der Waals surface area contributed by atoms with E-state index in [1.165, 1.54) is 0 Å². The summed E-state index contributed by atoms with van der Waals surface area (Å²) in [4.78, 5) is 250. The monoisotopic (exact) mass is 2090 g/mol. The average molecular weight is 2090 g/mol. The molecule has 0 radical (unpaired) electrons. The van der Waals surface area contributed by atoms with Crippen LogP contribution in [0.1, 0.15) is 145 Å². The van der Waals surface area contributed by atoms with Gasteiger partial charge in [0.1, 0.15) is 90.6 Å². The summed E-state index contributed by atoms with van der Waals surface area (Å²) >= 11 is 29.7. The molecule has 0 aromatic rings. The number of guanidine groups is 5. The van der Waals surface area contributed by atoms with E-state index in [1.54, 1.807) is 55.4 Å². The summed E-state index contributed by atoms with van der Waals surface area (Å²) in [5.74, 6) is -23.8. The molecule has 0 aliphatic carbocycles. The number of carbonyl (C=O) groups is 18. The van der Waals surface area contributed by atoms with Gasteiger partial charge in [0.2, 0.25) is 100 Å². The largest absolute Gasteiger partial charge is 0.480 e. The summed E-state index contributed by atoms with van der Waals surface area (Å²) < 4.78 is 0. The van der Waals surface area contributed by atoms with Crippen LogP contribution in [-0.2, 0) is 86.3 Å². The van der Waals surface area contributed by atoms with Crippen LogP contribution < -0.4 is 151 Å². The summed E-state index contributed by atoms with van der Waals surface area (Å²) in [5.41, 5.74) is 33.1. The molecule has 0 unspecified atom stereocenters. The van der Waals surface area contributed by atoms with Crippen molar-refractivity contribution in [3.8, 4) is 0 Å². The second-order valence-electron chi connectivity index (χ2n) is 32.3. The van der Waals surface area contributed by atoms with Gasteiger partial charge in [0.15, 0.2) is 29.8 Å². The van der Waals surface area contributed by atoms with E-state index in [0.29, 0.717) is 6.42 Å². The number of thiol groups is 7. The molecule has 784 valence electrons. The van der Waals surface area contributed by atoms with E-state index in [2.05, 4.69) is 205 Å². The summed E-state index contributed by atoms with van der Waals surface area (Å²) in [6.45, 7) is 11.9. The zero-order valence-electron chi connectivity index (χ0n) is 78.7. The minimum Gasteiger partial charge on any atom is -0.480 e. The van der Waals surface area contributed by atoms with Gasteiger partial charge in [0.25, 0.3) is 0 Å². The Morgan fingerprint density at radius 2 is 0.428 bits per heavy atom. The highest BCUT2D eigenvalue weighted by Gasteiger charge is 2.40. The zero-order chi connectivity index (χ0) is 105. The Hall–Kier alpha value is -10.8. The van der Waals surface area contributed by atoms with Gasteiger partial charge in [-0.25, -0.2) is 4.79 Å². The van der Waals surface area contributed by atoms with E-state index >= 15 is 0 Å². The predicted octanol–water partition coefficient (Wildman–Crippen LogP) is -10.1. The third-order valence-corrected chi connectivity index (χ3v) is 24.1. The highest BCUT2D eigenvalue weighted by atomic mass is 32.1. The molecule has 17 amide bonds. The molecule has 59 heteroatoms. The van der Waals surface area contributed by atoms with Crippen LogP contribution in [0.15, 0.2) is 0 Å². The van der Waals surface area contributed by atoms with Gasteiger partial charge in [-0.15, -0.1) is 0 Å². The van der Waals surface area contributed by atoms with Crippen molar-refractivity contribution in [3.05, 3.63) is 0 Å². The minimum absolute atomic E-state index is 0.00633. The number of carbonyl (C=O) groups excluding carboxylic acids is 17. The number of rotatable bonds is 70. The number of amides is 17. The first-order valence-electron chi connectivity index (χ1n) is 44.8. The normalized spacial score (nSPS) is 15.3. The molecule has 52 nitrogen and oxygen atoms in total. The highest BCUT2D eigenvalue weighted by Crippen LogP contribution is 2.17. The zero-order valence-corrected chi connectivity index (χ0v) is 85.0. The summed E-state index contributed by atoms with van der Waals surface area (Å²) in [6.07, 6.45) is 0.729. The van der Waals surface area contributed by atoms with Crippen molar-refractivity contribution in [2.45, 2.75) is 242 Å². The second kappa shape index (κ2) is 69.9. The molecule has 0 heterocycles. The molecule has 0 saturated carbocycles. The van der Waals surface area contributed by atoms with Crippen LogP contribution in [0.3, 0.4) is 0 Å². The van der Waals surface area contributed by atoms with Crippen molar-refractivity contribution in [3.63, 3.8) is 0 Å². The summed E-state index contributed by atoms with van der Waals surface area (Å²) in [6, 6.07) is -22.8. The van der Waals surface area contributed by atoms with E-state index in [0.717, 1.165) is 0 Å². The van der Waals surface area contributed by atoms with E-state index in [9.17, 15) is 91.4 Å². The van der Waals surface area contributed by atoms with Crippen molar-refractivity contribution in [2.24, 2.45) is 58.1 Å². The number of nitrogens with two attached hydrogens (primary N) is 6. The van der Waals surface area contributed by atoms with Crippen LogP contribution in [0.2, 0.25) is 0 Å². The highest BCUT2D eigenvalue weighted by molar-refractivity contribution is 7.81. The Morgan fingerprint density at radius 1 is 0.246 bits per heavy atom. The van der Waals surface area contributed by atoms with Crippen molar-refractivity contribution >= 4 is 225 Å². The summed E-state index contributed by atoms with van der Waals surface area (Å²) in [7, 11) is 0. The summed E-state index contributed by atoms with van der Waals surface area (Å²) in [5, 5.41) is 103. The van der Waals surface area contributed by atoms with Gasteiger partial charge in [-0.05, 0) is 87.9 Å². The topological polar surface area (TPSA) is 868 Å². The van der Waals surface area contributed by atoms with Crippen LogP contribution in [-0.4, -0.2) is 324 Å².